The molecule has 5 heteroatoms. The van der Waals surface area contributed by atoms with Gasteiger partial charge >= 0.3 is 0 Å². The Morgan fingerprint density at radius 2 is 1.00 bits per heavy atom. The molecule has 3 heterocycles. The van der Waals surface area contributed by atoms with E-state index in [1.807, 2.05) is 17.4 Å². The van der Waals surface area contributed by atoms with Crippen LogP contribution in [0, 0.1) is 0 Å². The van der Waals surface area contributed by atoms with Crippen molar-refractivity contribution in [3.05, 3.63) is 206 Å². The lowest BCUT2D eigenvalue weighted by atomic mass is 9.98. The summed E-state index contributed by atoms with van der Waals surface area (Å²) in [5.74, 6) is 0. The first-order valence-corrected chi connectivity index (χ1v) is 21.7. The highest BCUT2D eigenvalue weighted by atomic mass is 32.1. The van der Waals surface area contributed by atoms with Gasteiger partial charge < -0.3 is 9.32 Å². The quantitative estimate of drug-likeness (QED) is 0.161. The van der Waals surface area contributed by atoms with Crippen molar-refractivity contribution >= 4 is 92.1 Å². The molecule has 0 saturated carbocycles. The Bertz CT molecular complexity index is 3530. The van der Waals surface area contributed by atoms with Crippen molar-refractivity contribution in [3.63, 3.8) is 0 Å². The SMILES string of the molecule is c1ccc(-c2ccc(N(c3ccc(-c4ccc5c(c4)oc4ccc6sc(-c7ccccc7)nc6c45)cc3)c3cccc(-c4cccc5sc6ccccc6c45)c3)cc2)cc1. The number of anilines is 3. The molecule has 0 aliphatic rings. The summed E-state index contributed by atoms with van der Waals surface area (Å²) in [4.78, 5) is 7.47. The van der Waals surface area contributed by atoms with Crippen LogP contribution in [0.3, 0.4) is 0 Å². The van der Waals surface area contributed by atoms with Gasteiger partial charge in [-0.25, -0.2) is 4.98 Å². The fourth-order valence-corrected chi connectivity index (χ4v) is 10.8. The van der Waals surface area contributed by atoms with E-state index in [0.29, 0.717) is 0 Å². The van der Waals surface area contributed by atoms with E-state index in [1.54, 1.807) is 11.3 Å². The molecule has 0 amide bonds. The van der Waals surface area contributed by atoms with Gasteiger partial charge in [0, 0.05) is 48.2 Å². The molecule has 0 bridgehead atoms. The molecule has 0 unspecified atom stereocenters. The van der Waals surface area contributed by atoms with Crippen LogP contribution >= 0.6 is 22.7 Å². The topological polar surface area (TPSA) is 29.3 Å². The summed E-state index contributed by atoms with van der Waals surface area (Å²) in [5, 5.41) is 5.79. The Morgan fingerprint density at radius 3 is 1.78 bits per heavy atom. The number of fused-ring (bicyclic) bond motifs is 8. The third-order valence-electron chi connectivity index (χ3n) is 11.5. The number of furan rings is 1. The lowest BCUT2D eigenvalue weighted by Crippen LogP contribution is -2.10. The Balaban J connectivity index is 0.936. The molecular formula is C55H34N2OS2. The number of hydrogen-bond donors (Lipinski definition) is 0. The van der Waals surface area contributed by atoms with Crippen LogP contribution in [-0.2, 0) is 0 Å². The van der Waals surface area contributed by atoms with Crippen molar-refractivity contribution in [2.24, 2.45) is 0 Å². The standard InChI is InChI=1S/C55H34N2OS2/c1-3-11-35(12-4-1)36-21-26-41(27-22-36)57(43-16-9-15-40(33-43)44-18-10-20-50-52(44)46-17-7-8-19-49(46)59-50)42-28-23-37(24-29-42)39-25-30-45-48(34-39)58-47-31-32-51-54(53(45)47)56-55(60-51)38-13-5-2-6-14-38/h1-34H. The van der Waals surface area contributed by atoms with Gasteiger partial charge in [-0.05, 0) is 106 Å². The van der Waals surface area contributed by atoms with Crippen LogP contribution in [0.4, 0.5) is 17.1 Å². The molecular weight excluding hydrogens is 769 g/mol. The lowest BCUT2D eigenvalue weighted by Gasteiger charge is -2.26. The Morgan fingerprint density at radius 1 is 0.367 bits per heavy atom. The Labute approximate surface area is 354 Å². The van der Waals surface area contributed by atoms with Crippen molar-refractivity contribution in [1.82, 2.24) is 4.98 Å². The summed E-state index contributed by atoms with van der Waals surface area (Å²) in [6.45, 7) is 0. The minimum absolute atomic E-state index is 0.856. The van der Waals surface area contributed by atoms with Crippen LogP contribution in [-0.4, -0.2) is 4.98 Å². The predicted octanol–water partition coefficient (Wildman–Crippen LogP) is 16.7. The van der Waals surface area contributed by atoms with Gasteiger partial charge in [-0.2, -0.15) is 0 Å². The van der Waals surface area contributed by atoms with E-state index in [2.05, 4.69) is 205 Å². The minimum atomic E-state index is 0.856. The van der Waals surface area contributed by atoms with Crippen molar-refractivity contribution in [2.75, 3.05) is 4.90 Å². The smallest absolute Gasteiger partial charge is 0.137 e. The zero-order chi connectivity index (χ0) is 39.6. The highest BCUT2D eigenvalue weighted by Crippen LogP contribution is 2.44. The fraction of sp³-hybridized carbons (Fsp3) is 0. The first kappa shape index (κ1) is 34.7. The molecule has 12 rings (SSSR count). The van der Waals surface area contributed by atoms with Gasteiger partial charge in [0.15, 0.2) is 0 Å². The van der Waals surface area contributed by atoms with E-state index >= 15 is 0 Å². The highest BCUT2D eigenvalue weighted by Gasteiger charge is 2.18. The molecule has 9 aromatic carbocycles. The van der Waals surface area contributed by atoms with Crippen molar-refractivity contribution < 1.29 is 4.42 Å². The van der Waals surface area contributed by atoms with E-state index in [-0.39, 0.29) is 0 Å². The van der Waals surface area contributed by atoms with E-state index in [1.165, 1.54) is 42.4 Å². The van der Waals surface area contributed by atoms with Crippen LogP contribution < -0.4 is 4.90 Å². The monoisotopic (exact) mass is 802 g/mol. The maximum absolute atomic E-state index is 6.51. The predicted molar refractivity (Wildman–Crippen MR) is 256 cm³/mol. The van der Waals surface area contributed by atoms with Crippen molar-refractivity contribution in [2.45, 2.75) is 0 Å². The first-order chi connectivity index (χ1) is 29.7. The zero-order valence-electron chi connectivity index (χ0n) is 32.2. The molecule has 3 aromatic heterocycles. The Kier molecular flexibility index (Phi) is 8.22. The minimum Gasteiger partial charge on any atom is -0.456 e. The number of thiophene rings is 1. The van der Waals surface area contributed by atoms with E-state index < -0.39 is 0 Å². The molecule has 0 fully saturated rings. The number of aromatic nitrogens is 1. The van der Waals surface area contributed by atoms with Crippen molar-refractivity contribution in [3.8, 4) is 44.0 Å². The summed E-state index contributed by atoms with van der Waals surface area (Å²) < 4.78 is 10.3. The number of rotatable bonds is 7. The molecule has 0 radical (unpaired) electrons. The summed E-state index contributed by atoms with van der Waals surface area (Å²) in [6, 6.07) is 73.9. The molecule has 0 aliphatic carbocycles. The summed E-state index contributed by atoms with van der Waals surface area (Å²) in [6.07, 6.45) is 0. The van der Waals surface area contributed by atoms with E-state index in [9.17, 15) is 0 Å². The number of thiazole rings is 1. The maximum atomic E-state index is 6.51. The van der Waals surface area contributed by atoms with E-state index in [0.717, 1.165) is 70.9 Å². The average Bonchev–Trinajstić information content (AvgIpc) is 4.04. The molecule has 0 saturated heterocycles. The lowest BCUT2D eigenvalue weighted by molar-refractivity contribution is 0.669. The zero-order valence-corrected chi connectivity index (χ0v) is 33.9. The molecule has 0 spiro atoms. The molecule has 60 heavy (non-hydrogen) atoms. The molecule has 0 atom stereocenters. The largest absolute Gasteiger partial charge is 0.456 e. The van der Waals surface area contributed by atoms with Crippen LogP contribution in [0.2, 0.25) is 0 Å². The average molecular weight is 803 g/mol. The molecule has 0 aliphatic heterocycles. The van der Waals surface area contributed by atoms with Crippen LogP contribution in [0.15, 0.2) is 211 Å². The third kappa shape index (κ3) is 5.90. The molecule has 3 nitrogen and oxygen atoms in total. The number of benzene rings is 9. The summed E-state index contributed by atoms with van der Waals surface area (Å²) >= 11 is 3.58. The second kappa shape index (κ2) is 14.2. The number of nitrogens with zero attached hydrogens (tertiary/aromatic N) is 2. The third-order valence-corrected chi connectivity index (χ3v) is 13.7. The second-order valence-electron chi connectivity index (χ2n) is 15.1. The van der Waals surface area contributed by atoms with Gasteiger partial charge in [0.05, 0.1) is 15.6 Å². The maximum Gasteiger partial charge on any atom is 0.137 e. The van der Waals surface area contributed by atoms with Gasteiger partial charge in [-0.15, -0.1) is 22.7 Å². The van der Waals surface area contributed by atoms with Gasteiger partial charge in [0.2, 0.25) is 0 Å². The van der Waals surface area contributed by atoms with Gasteiger partial charge in [-0.1, -0.05) is 133 Å². The summed E-state index contributed by atoms with van der Waals surface area (Å²) in [7, 11) is 0. The fourth-order valence-electron chi connectivity index (χ4n) is 8.65. The first-order valence-electron chi connectivity index (χ1n) is 20.1. The van der Waals surface area contributed by atoms with Gasteiger partial charge in [0.25, 0.3) is 0 Å². The van der Waals surface area contributed by atoms with E-state index in [4.69, 9.17) is 9.40 Å². The highest BCUT2D eigenvalue weighted by molar-refractivity contribution is 7.26. The van der Waals surface area contributed by atoms with Crippen molar-refractivity contribution in [1.29, 1.82) is 0 Å². The normalized spacial score (nSPS) is 11.7. The molecule has 0 N–H and O–H groups in total. The van der Waals surface area contributed by atoms with Crippen LogP contribution in [0.5, 0.6) is 0 Å². The summed E-state index contributed by atoms with van der Waals surface area (Å²) in [5.41, 5.74) is 14.1. The second-order valence-corrected chi connectivity index (χ2v) is 17.2. The molecule has 282 valence electrons. The Hall–Kier alpha value is -7.31. The van der Waals surface area contributed by atoms with Crippen LogP contribution in [0.25, 0.3) is 96.3 Å². The van der Waals surface area contributed by atoms with Gasteiger partial charge in [0.1, 0.15) is 16.2 Å². The molecule has 12 aromatic rings. The number of hydrogen-bond acceptors (Lipinski definition) is 5. The van der Waals surface area contributed by atoms with Crippen LogP contribution in [0.1, 0.15) is 0 Å². The van der Waals surface area contributed by atoms with Gasteiger partial charge in [-0.3, -0.25) is 0 Å².